The normalized spacial score (nSPS) is 14.3. The fraction of sp³-hybridized carbons (Fsp3) is 0.750. The third kappa shape index (κ3) is 7.72. The maximum atomic E-state index is 11.3. The molecule has 96 valence electrons. The molecular weight excluding hydrogens is 263 g/mol. The Bertz CT molecular complexity index is 370. The first-order valence-electron chi connectivity index (χ1n) is 4.57. The van der Waals surface area contributed by atoms with Crippen molar-refractivity contribution in [3.05, 3.63) is 0 Å². The first-order chi connectivity index (χ1) is 7.18. The van der Waals surface area contributed by atoms with Gasteiger partial charge in [-0.3, -0.25) is 14.1 Å². The Morgan fingerprint density at radius 1 is 1.41 bits per heavy atom. The average molecular weight is 278 g/mol. The molecule has 0 saturated heterocycles. The van der Waals surface area contributed by atoms with Crippen molar-refractivity contribution in [2.24, 2.45) is 0 Å². The predicted molar refractivity (Wildman–Crippen MR) is 54.5 cm³/mol. The van der Waals surface area contributed by atoms with E-state index in [1.54, 1.807) is 6.92 Å². The fourth-order valence-electron chi connectivity index (χ4n) is 0.826. The zero-order valence-electron chi connectivity index (χ0n) is 10.9. The molecule has 2 atom stereocenters. The number of carbonyl (C=O) groups is 2. The molecule has 0 fully saturated rings. The van der Waals surface area contributed by atoms with Gasteiger partial charge in [0.1, 0.15) is 0 Å². The van der Waals surface area contributed by atoms with Crippen molar-refractivity contribution in [1.29, 1.82) is 0 Å². The van der Waals surface area contributed by atoms with Crippen LogP contribution in [0.15, 0.2) is 0 Å². The number of hydrogen-bond acceptors (Lipinski definition) is 5. The quantitative estimate of drug-likeness (QED) is 0.305. The summed E-state index contributed by atoms with van der Waals surface area (Å²) in [5, 5.41) is 6.33. The van der Waals surface area contributed by atoms with Gasteiger partial charge in [0, 0.05) is 0 Å². The number of hydrogen-bond donors (Lipinski definition) is 2. The van der Waals surface area contributed by atoms with Gasteiger partial charge in [0.05, 0.1) is 12.5 Å². The summed E-state index contributed by atoms with van der Waals surface area (Å²) in [5.74, 6) is -2.76. The maximum Gasteiger partial charge on any atom is 1.00 e. The van der Waals surface area contributed by atoms with Gasteiger partial charge < -0.3 is 11.3 Å². The molecule has 9 heteroatoms. The molecule has 0 heterocycles. The van der Waals surface area contributed by atoms with E-state index in [0.717, 1.165) is 0 Å². The van der Waals surface area contributed by atoms with Crippen molar-refractivity contribution in [2.45, 2.75) is 38.0 Å². The van der Waals surface area contributed by atoms with Gasteiger partial charge in [-0.25, -0.2) is 0 Å². The number of ether oxygens (including phenoxy) is 1. The van der Waals surface area contributed by atoms with Gasteiger partial charge >= 0.3 is 41.5 Å². The van der Waals surface area contributed by atoms with Crippen molar-refractivity contribution in [3.63, 3.8) is 0 Å². The molecule has 0 aromatic heterocycles. The van der Waals surface area contributed by atoms with Crippen molar-refractivity contribution >= 4 is 22.1 Å². The average Bonchev–Trinajstić information content (AvgIpc) is 2.11. The Morgan fingerprint density at radius 3 is 2.18 bits per heavy atom. The van der Waals surface area contributed by atoms with Crippen LogP contribution in [0.4, 0.5) is 0 Å². The molecule has 0 amide bonds. The standard InChI is InChI=1S/C8H14O7S.Na.H/c1-3-5(2)15-8(11)6(4-7(9)10)16(12,13)14;;/h5-6H,3-4H2,1-2H3,(H,9,10)(H,12,13,14);;/q;+1;-1. The van der Waals surface area contributed by atoms with Crippen molar-refractivity contribution in [3.8, 4) is 0 Å². The van der Waals surface area contributed by atoms with Crippen molar-refractivity contribution < 1.29 is 63.4 Å². The summed E-state index contributed by atoms with van der Waals surface area (Å²) in [4.78, 5) is 21.6. The van der Waals surface area contributed by atoms with Gasteiger partial charge in [-0.2, -0.15) is 8.42 Å². The zero-order valence-corrected chi connectivity index (χ0v) is 12.7. The summed E-state index contributed by atoms with van der Waals surface area (Å²) in [6.07, 6.45) is -1.10. The molecule has 0 aliphatic carbocycles. The molecule has 0 rings (SSSR count). The Balaban J connectivity index is -0.00000112. The summed E-state index contributed by atoms with van der Waals surface area (Å²) in [5.41, 5.74) is 0. The van der Waals surface area contributed by atoms with Gasteiger partial charge in [0.2, 0.25) is 0 Å². The van der Waals surface area contributed by atoms with Crippen LogP contribution in [0.3, 0.4) is 0 Å². The van der Waals surface area contributed by atoms with E-state index in [4.69, 9.17) is 9.66 Å². The number of rotatable bonds is 6. The number of aliphatic carboxylic acids is 1. The number of carbonyl (C=O) groups excluding carboxylic acids is 1. The molecule has 17 heavy (non-hydrogen) atoms. The van der Waals surface area contributed by atoms with E-state index in [-0.39, 0.29) is 31.0 Å². The molecule has 0 aliphatic heterocycles. The molecule has 0 radical (unpaired) electrons. The van der Waals surface area contributed by atoms with Crippen LogP contribution in [0.1, 0.15) is 28.1 Å². The molecule has 0 aromatic carbocycles. The Labute approximate surface area is 123 Å². The summed E-state index contributed by atoms with van der Waals surface area (Å²) >= 11 is 0. The van der Waals surface area contributed by atoms with Crippen LogP contribution in [0.25, 0.3) is 0 Å². The molecule has 0 spiro atoms. The van der Waals surface area contributed by atoms with E-state index in [2.05, 4.69) is 4.74 Å². The van der Waals surface area contributed by atoms with Gasteiger partial charge in [0.15, 0.2) is 5.25 Å². The van der Waals surface area contributed by atoms with Crippen LogP contribution in [0.2, 0.25) is 0 Å². The molecule has 0 saturated carbocycles. The van der Waals surface area contributed by atoms with Crippen LogP contribution >= 0.6 is 0 Å². The summed E-state index contributed by atoms with van der Waals surface area (Å²) < 4.78 is 34.9. The van der Waals surface area contributed by atoms with E-state index in [1.807, 2.05) is 0 Å². The Morgan fingerprint density at radius 2 is 1.88 bits per heavy atom. The van der Waals surface area contributed by atoms with Crippen molar-refractivity contribution in [2.75, 3.05) is 0 Å². The topological polar surface area (TPSA) is 118 Å². The van der Waals surface area contributed by atoms with Crippen LogP contribution in [0, 0.1) is 0 Å². The smallest absolute Gasteiger partial charge is 1.00 e. The molecule has 7 nitrogen and oxygen atoms in total. The molecule has 0 aromatic rings. The second-order valence-corrected chi connectivity index (χ2v) is 4.86. The van der Waals surface area contributed by atoms with E-state index in [1.165, 1.54) is 6.92 Å². The fourth-order valence-corrected chi connectivity index (χ4v) is 1.48. The predicted octanol–water partition coefficient (Wildman–Crippen LogP) is -2.82. The monoisotopic (exact) mass is 278 g/mol. The molecule has 2 N–H and O–H groups in total. The SMILES string of the molecule is CCC(C)OC(=O)C(CC(=O)O)S(=O)(=O)O.[H-].[Na+]. The Hall–Kier alpha value is -0.150. The van der Waals surface area contributed by atoms with Crippen LogP contribution in [0.5, 0.6) is 0 Å². The zero-order chi connectivity index (χ0) is 12.9. The minimum atomic E-state index is -4.77. The van der Waals surface area contributed by atoms with Crippen LogP contribution in [-0.2, 0) is 24.4 Å². The third-order valence-electron chi connectivity index (χ3n) is 1.87. The minimum absolute atomic E-state index is 0. The van der Waals surface area contributed by atoms with E-state index in [9.17, 15) is 18.0 Å². The maximum absolute atomic E-state index is 11.3. The number of esters is 1. The summed E-state index contributed by atoms with van der Waals surface area (Å²) in [6, 6.07) is 0. The minimum Gasteiger partial charge on any atom is -1.00 e. The van der Waals surface area contributed by atoms with E-state index in [0.29, 0.717) is 6.42 Å². The molecule has 0 bridgehead atoms. The summed E-state index contributed by atoms with van der Waals surface area (Å²) in [7, 11) is -4.77. The Kier molecular flexibility index (Phi) is 9.08. The van der Waals surface area contributed by atoms with Gasteiger partial charge in [-0.05, 0) is 13.3 Å². The second-order valence-electron chi connectivity index (χ2n) is 3.26. The van der Waals surface area contributed by atoms with Gasteiger partial charge in [0.25, 0.3) is 10.1 Å². The largest absolute Gasteiger partial charge is 1.00 e. The summed E-state index contributed by atoms with van der Waals surface area (Å²) in [6.45, 7) is 3.23. The van der Waals surface area contributed by atoms with Crippen molar-refractivity contribution in [1.82, 2.24) is 0 Å². The van der Waals surface area contributed by atoms with Crippen LogP contribution in [-0.4, -0.2) is 41.4 Å². The first-order valence-corrected chi connectivity index (χ1v) is 6.07. The van der Waals surface area contributed by atoms with Gasteiger partial charge in [-0.15, -0.1) is 0 Å². The van der Waals surface area contributed by atoms with Gasteiger partial charge in [-0.1, -0.05) is 6.92 Å². The molecular formula is C8H15NaO7S. The second kappa shape index (κ2) is 8.04. The van der Waals surface area contributed by atoms with E-state index < -0.39 is 39.8 Å². The van der Waals surface area contributed by atoms with E-state index >= 15 is 0 Å². The number of carboxylic acids is 1. The molecule has 2 unspecified atom stereocenters. The first kappa shape index (κ1) is 19.2. The third-order valence-corrected chi connectivity index (χ3v) is 2.95. The molecule has 0 aliphatic rings. The number of carboxylic acid groups (broad SMARTS) is 1. The van der Waals surface area contributed by atoms with Crippen LogP contribution < -0.4 is 29.6 Å².